The van der Waals surface area contributed by atoms with Crippen LogP contribution in [0.4, 0.5) is 17.1 Å². The maximum Gasteiger partial charge on any atom is 0.160 e. The molecule has 0 bridgehead atoms. The summed E-state index contributed by atoms with van der Waals surface area (Å²) in [7, 11) is 0. The lowest BCUT2D eigenvalue weighted by Crippen LogP contribution is -2.10. The molecule has 0 unspecified atom stereocenters. The van der Waals surface area contributed by atoms with Crippen molar-refractivity contribution >= 4 is 104 Å². The van der Waals surface area contributed by atoms with Crippen LogP contribution in [0.5, 0.6) is 0 Å². The normalized spacial score (nSPS) is 12.1. The van der Waals surface area contributed by atoms with Gasteiger partial charge in [-0.1, -0.05) is 84.9 Å². The molecule has 5 nitrogen and oxygen atoms in total. The highest BCUT2D eigenvalue weighted by molar-refractivity contribution is 7.22. The third-order valence-electron chi connectivity index (χ3n) is 9.48. The molecule has 4 aromatic heterocycles. The number of hydrogen-bond acceptors (Lipinski definition) is 6. The fourth-order valence-electron chi connectivity index (χ4n) is 7.26. The van der Waals surface area contributed by atoms with Gasteiger partial charge in [0.15, 0.2) is 5.58 Å². The van der Waals surface area contributed by atoms with Crippen molar-refractivity contribution in [1.29, 1.82) is 0 Å². The smallest absolute Gasteiger partial charge is 0.160 e. The third-order valence-corrected chi connectivity index (χ3v) is 10.6. The summed E-state index contributed by atoms with van der Waals surface area (Å²) in [5.41, 5.74) is 9.74. The van der Waals surface area contributed by atoms with Crippen molar-refractivity contribution < 1.29 is 13.3 Å². The minimum atomic E-state index is 0.798. The molecule has 11 aromatic rings. The number of nitrogens with zero attached hydrogens (tertiary/aromatic N) is 2. The zero-order valence-electron chi connectivity index (χ0n) is 25.9. The van der Waals surface area contributed by atoms with Gasteiger partial charge < -0.3 is 18.2 Å². The van der Waals surface area contributed by atoms with Crippen molar-refractivity contribution in [3.05, 3.63) is 146 Å². The van der Waals surface area contributed by atoms with E-state index in [9.17, 15) is 0 Å². The van der Waals surface area contributed by atoms with Gasteiger partial charge in [0.05, 0.1) is 27.3 Å². The molecule has 11 rings (SSSR count). The molecule has 4 heterocycles. The first kappa shape index (κ1) is 26.7. The highest BCUT2D eigenvalue weighted by Gasteiger charge is 2.25. The molecule has 0 saturated carbocycles. The van der Waals surface area contributed by atoms with Gasteiger partial charge in [0.2, 0.25) is 0 Å². The van der Waals surface area contributed by atoms with Gasteiger partial charge in [0, 0.05) is 50.0 Å². The number of fused-ring (bicyclic) bond motifs is 11. The highest BCUT2D eigenvalue weighted by atomic mass is 32.1. The Morgan fingerprint density at radius 3 is 1.63 bits per heavy atom. The quantitative estimate of drug-likeness (QED) is 0.190. The zero-order valence-corrected chi connectivity index (χ0v) is 26.7. The summed E-state index contributed by atoms with van der Waals surface area (Å²) < 4.78 is 20.7. The van der Waals surface area contributed by atoms with Crippen LogP contribution in [0.2, 0.25) is 0 Å². The molecule has 0 fully saturated rings. The minimum Gasteiger partial charge on any atom is -0.456 e. The van der Waals surface area contributed by atoms with Gasteiger partial charge >= 0.3 is 0 Å². The van der Waals surface area contributed by atoms with Gasteiger partial charge in [0.1, 0.15) is 32.9 Å². The lowest BCUT2D eigenvalue weighted by atomic mass is 10.1. The van der Waals surface area contributed by atoms with Gasteiger partial charge in [-0.3, -0.25) is 0 Å². The van der Waals surface area contributed by atoms with Crippen LogP contribution in [-0.2, 0) is 0 Å². The van der Waals surface area contributed by atoms with E-state index in [0.29, 0.717) is 0 Å². The van der Waals surface area contributed by atoms with E-state index in [1.165, 1.54) is 0 Å². The monoisotopic (exact) mass is 648 g/mol. The van der Waals surface area contributed by atoms with Crippen LogP contribution in [0.3, 0.4) is 0 Å². The van der Waals surface area contributed by atoms with E-state index in [0.717, 1.165) is 104 Å². The lowest BCUT2D eigenvalue weighted by molar-refractivity contribution is 0.667. The van der Waals surface area contributed by atoms with Gasteiger partial charge in [-0.15, -0.1) is 11.3 Å². The van der Waals surface area contributed by atoms with Crippen LogP contribution >= 0.6 is 11.3 Å². The van der Waals surface area contributed by atoms with Gasteiger partial charge in [-0.05, 0) is 48.5 Å². The molecule has 0 aliphatic heterocycles. The third kappa shape index (κ3) is 3.95. The summed E-state index contributed by atoms with van der Waals surface area (Å²) in [5.74, 6) is 0. The number of thiazole rings is 1. The molecule has 230 valence electrons. The Morgan fingerprint density at radius 1 is 0.469 bits per heavy atom. The van der Waals surface area contributed by atoms with Crippen LogP contribution in [0, 0.1) is 0 Å². The molecule has 0 atom stereocenters. The second kappa shape index (κ2) is 10.1. The number of rotatable bonds is 4. The molecule has 7 aromatic carbocycles. The van der Waals surface area contributed by atoms with Crippen molar-refractivity contribution in [2.75, 3.05) is 4.90 Å². The molecule has 6 heteroatoms. The fraction of sp³-hybridized carbons (Fsp3) is 0. The Hall–Kier alpha value is -6.37. The van der Waals surface area contributed by atoms with Crippen molar-refractivity contribution in [3.8, 4) is 10.6 Å². The number of benzene rings is 7. The number of aromatic nitrogens is 1. The van der Waals surface area contributed by atoms with Gasteiger partial charge in [0.25, 0.3) is 0 Å². The van der Waals surface area contributed by atoms with Crippen molar-refractivity contribution in [2.24, 2.45) is 0 Å². The Kier molecular flexibility index (Phi) is 5.48. The fourth-order valence-corrected chi connectivity index (χ4v) is 8.37. The Labute approximate surface area is 282 Å². The topological polar surface area (TPSA) is 55.6 Å². The number of anilines is 3. The minimum absolute atomic E-state index is 0.798. The average molecular weight is 649 g/mol. The summed E-state index contributed by atoms with van der Waals surface area (Å²) in [6.07, 6.45) is 0. The van der Waals surface area contributed by atoms with E-state index in [4.69, 9.17) is 18.2 Å². The molecule has 0 amide bonds. The summed E-state index contributed by atoms with van der Waals surface area (Å²) in [5, 5.41) is 7.42. The molecule has 0 aliphatic carbocycles. The molecule has 0 spiro atoms. The molecule has 49 heavy (non-hydrogen) atoms. The largest absolute Gasteiger partial charge is 0.456 e. The molecule has 0 saturated heterocycles. The standard InChI is InChI=1S/C43H24N2O3S/c1-2-10-25(11-3-1)43-44-33-24-34(41-40(42(33)49-43)32-14-6-9-17-37(32)48-41)45(26-18-20-30-28-12-4-7-15-35(28)46-38(30)22-26)27-19-21-31-29-13-5-8-16-36(29)47-39(31)23-27/h1-24H. The van der Waals surface area contributed by atoms with E-state index >= 15 is 0 Å². The predicted octanol–water partition coefficient (Wildman–Crippen LogP) is 13.1. The first-order valence-corrected chi connectivity index (χ1v) is 17.0. The van der Waals surface area contributed by atoms with Crippen LogP contribution in [0.15, 0.2) is 159 Å². The van der Waals surface area contributed by atoms with Crippen molar-refractivity contribution in [1.82, 2.24) is 4.98 Å². The molecule has 0 aliphatic rings. The van der Waals surface area contributed by atoms with Crippen LogP contribution < -0.4 is 4.90 Å². The molecule has 0 N–H and O–H groups in total. The van der Waals surface area contributed by atoms with Gasteiger partial charge in [-0.25, -0.2) is 4.98 Å². The number of furan rings is 3. The Bertz CT molecular complexity index is 2960. The van der Waals surface area contributed by atoms with Crippen molar-refractivity contribution in [2.45, 2.75) is 0 Å². The summed E-state index contributed by atoms with van der Waals surface area (Å²) >= 11 is 1.70. The van der Waals surface area contributed by atoms with Crippen LogP contribution in [-0.4, -0.2) is 4.98 Å². The summed E-state index contributed by atoms with van der Waals surface area (Å²) in [6, 6.07) is 50.0. The van der Waals surface area contributed by atoms with Gasteiger partial charge in [-0.2, -0.15) is 0 Å². The maximum atomic E-state index is 6.79. The second-order valence-corrected chi connectivity index (χ2v) is 13.3. The van der Waals surface area contributed by atoms with E-state index < -0.39 is 0 Å². The number of hydrogen-bond donors (Lipinski definition) is 0. The number of para-hydroxylation sites is 3. The highest BCUT2D eigenvalue weighted by Crippen LogP contribution is 2.49. The SMILES string of the molecule is c1ccc(-c2nc3cc(N(c4ccc5c(c4)oc4ccccc45)c4ccc5c(c4)oc4ccccc45)c4oc5ccccc5c4c3s2)cc1. The van der Waals surface area contributed by atoms with E-state index in [-0.39, 0.29) is 0 Å². The summed E-state index contributed by atoms with van der Waals surface area (Å²) in [6.45, 7) is 0. The van der Waals surface area contributed by atoms with E-state index in [1.807, 2.05) is 54.6 Å². The maximum absolute atomic E-state index is 6.79. The van der Waals surface area contributed by atoms with Crippen LogP contribution in [0.25, 0.3) is 86.6 Å². The average Bonchev–Trinajstić information content (AvgIpc) is 3.93. The van der Waals surface area contributed by atoms with Crippen LogP contribution in [0.1, 0.15) is 0 Å². The molecule has 0 radical (unpaired) electrons. The Balaban J connectivity index is 1.23. The first-order valence-electron chi connectivity index (χ1n) is 16.2. The molecular weight excluding hydrogens is 625 g/mol. The first-order chi connectivity index (χ1) is 24.3. The summed E-state index contributed by atoms with van der Waals surface area (Å²) in [4.78, 5) is 7.46. The second-order valence-electron chi connectivity index (χ2n) is 12.3. The van der Waals surface area contributed by atoms with E-state index in [1.54, 1.807) is 11.3 Å². The van der Waals surface area contributed by atoms with Crippen molar-refractivity contribution in [3.63, 3.8) is 0 Å². The lowest BCUT2D eigenvalue weighted by Gasteiger charge is -2.25. The Morgan fingerprint density at radius 2 is 1.00 bits per heavy atom. The predicted molar refractivity (Wildman–Crippen MR) is 202 cm³/mol. The van der Waals surface area contributed by atoms with E-state index in [2.05, 4.69) is 95.9 Å². The molecular formula is C43H24N2O3S. The zero-order chi connectivity index (χ0) is 32.1.